The highest BCUT2D eigenvalue weighted by Crippen LogP contribution is 2.24. The van der Waals surface area contributed by atoms with Crippen LogP contribution in [0.4, 0.5) is 4.79 Å². The van der Waals surface area contributed by atoms with Gasteiger partial charge in [0.15, 0.2) is 0 Å². The maximum Gasteiger partial charge on any atom is 0.412 e. The van der Waals surface area contributed by atoms with Crippen LogP contribution >= 0.6 is 0 Å². The molecule has 3 atom stereocenters. The number of likely N-dealkylation sites (tertiary alicyclic amines) is 1. The zero-order valence-corrected chi connectivity index (χ0v) is 26.2. The zero-order chi connectivity index (χ0) is 30.1. The molecule has 3 aliphatic rings. The number of nitrogens with zero attached hydrogens (tertiary/aromatic N) is 2. The van der Waals surface area contributed by atoms with E-state index in [1.54, 1.807) is 20.8 Å². The van der Waals surface area contributed by atoms with Gasteiger partial charge < -0.3 is 20.1 Å². The van der Waals surface area contributed by atoms with Crippen molar-refractivity contribution in [2.45, 2.75) is 96.0 Å². The first kappa shape index (κ1) is 32.4. The second kappa shape index (κ2) is 15.3. The van der Waals surface area contributed by atoms with Crippen LogP contribution < -0.4 is 10.6 Å². The van der Waals surface area contributed by atoms with Gasteiger partial charge in [0.2, 0.25) is 11.8 Å². The molecule has 1 aromatic carbocycles. The first-order chi connectivity index (χ1) is 20.1. The minimum absolute atomic E-state index is 0.00442. The van der Waals surface area contributed by atoms with Gasteiger partial charge >= 0.3 is 6.09 Å². The van der Waals surface area contributed by atoms with Crippen molar-refractivity contribution < 1.29 is 28.1 Å². The van der Waals surface area contributed by atoms with Crippen LogP contribution in [0.25, 0.3) is 0 Å². The van der Waals surface area contributed by atoms with Crippen LogP contribution in [0, 0.1) is 5.92 Å². The minimum atomic E-state index is -1.27. The number of hydrogen-bond donors (Lipinski definition) is 2. The van der Waals surface area contributed by atoms with Crippen LogP contribution in [0.5, 0.6) is 0 Å². The van der Waals surface area contributed by atoms with Crippen LogP contribution in [-0.2, 0) is 36.4 Å². The van der Waals surface area contributed by atoms with Gasteiger partial charge in [-0.1, -0.05) is 49.6 Å². The molecule has 0 aromatic heterocycles. The molecule has 3 amide bonds. The molecule has 0 radical (unpaired) electrons. The Morgan fingerprint density at radius 1 is 1.05 bits per heavy atom. The summed E-state index contributed by atoms with van der Waals surface area (Å²) in [5, 5.41) is 5.94. The summed E-state index contributed by atoms with van der Waals surface area (Å²) in [5.74, 6) is 0.129. The Hall–Kier alpha value is -2.50. The van der Waals surface area contributed by atoms with E-state index in [0.717, 1.165) is 58.2 Å². The molecular weight excluding hydrogens is 556 g/mol. The molecule has 4 rings (SSSR count). The van der Waals surface area contributed by atoms with E-state index in [4.69, 9.17) is 9.47 Å². The van der Waals surface area contributed by atoms with Crippen molar-refractivity contribution in [2.24, 2.45) is 5.92 Å². The highest BCUT2D eigenvalue weighted by Gasteiger charge is 2.39. The molecule has 2 heterocycles. The normalized spacial score (nSPS) is 22.4. The van der Waals surface area contributed by atoms with Crippen LogP contribution in [0.15, 0.2) is 30.3 Å². The summed E-state index contributed by atoms with van der Waals surface area (Å²) in [4.78, 5) is 43.3. The molecule has 2 N–H and O–H groups in total. The second-order valence-corrected chi connectivity index (χ2v) is 14.4. The lowest BCUT2D eigenvalue weighted by Gasteiger charge is -2.33. The summed E-state index contributed by atoms with van der Waals surface area (Å²) in [6, 6.07) is 8.41. The molecule has 1 saturated carbocycles. The fourth-order valence-corrected chi connectivity index (χ4v) is 7.46. The molecule has 2 aliphatic heterocycles. The number of carbonyl (C=O) groups excluding carboxylic acids is 3. The van der Waals surface area contributed by atoms with E-state index in [9.17, 15) is 18.6 Å². The third-order valence-corrected chi connectivity index (χ3v) is 9.68. The molecule has 0 bridgehead atoms. The van der Waals surface area contributed by atoms with Crippen molar-refractivity contribution in [3.05, 3.63) is 35.9 Å². The standard InChI is InChI=1S/C31H48N4O6S/c1-31(2,3)41-30(38)35-22-40-19-27(35)29(37)33-26(21-42(39)20-24-12-8-5-9-13-24)28(36)32-25-14-16-34(17-15-25)18-23-10-6-4-7-11-23/h4,6-7,10-11,24-27H,5,8-9,12-22H2,1-3H3,(H,32,36)(H,33,37)/t26-,27-,42?/m0/s1. The quantitative estimate of drug-likeness (QED) is 0.421. The Bertz CT molecular complexity index is 1070. The molecular formula is C31H48N4O6S. The first-order valence-electron chi connectivity index (χ1n) is 15.4. The van der Waals surface area contributed by atoms with E-state index in [2.05, 4.69) is 27.7 Å². The summed E-state index contributed by atoms with van der Waals surface area (Å²) in [5.41, 5.74) is 0.537. The van der Waals surface area contributed by atoms with E-state index < -0.39 is 40.5 Å². The Kier molecular flexibility index (Phi) is 11.8. The zero-order valence-electron chi connectivity index (χ0n) is 25.3. The van der Waals surface area contributed by atoms with Crippen LogP contribution in [0.1, 0.15) is 71.3 Å². The third kappa shape index (κ3) is 10.1. The number of ether oxygens (including phenoxy) is 2. The van der Waals surface area contributed by atoms with Gasteiger partial charge in [-0.2, -0.15) is 0 Å². The molecule has 10 nitrogen and oxygen atoms in total. The maximum absolute atomic E-state index is 13.6. The van der Waals surface area contributed by atoms with Crippen LogP contribution in [0.3, 0.4) is 0 Å². The smallest absolute Gasteiger partial charge is 0.412 e. The van der Waals surface area contributed by atoms with Crippen molar-refractivity contribution in [2.75, 3.05) is 37.9 Å². The number of rotatable bonds is 10. The highest BCUT2D eigenvalue weighted by molar-refractivity contribution is 7.85. The Balaban J connectivity index is 1.36. The molecule has 1 unspecified atom stereocenters. The predicted molar refractivity (Wildman–Crippen MR) is 162 cm³/mol. The second-order valence-electron chi connectivity index (χ2n) is 12.8. The number of nitrogens with one attached hydrogen (secondary N) is 2. The lowest BCUT2D eigenvalue weighted by Crippen LogP contribution is -2.57. The molecule has 11 heteroatoms. The Morgan fingerprint density at radius 2 is 1.74 bits per heavy atom. The molecule has 1 aromatic rings. The number of amides is 3. The monoisotopic (exact) mass is 604 g/mol. The predicted octanol–water partition coefficient (Wildman–Crippen LogP) is 3.17. The van der Waals surface area contributed by atoms with Crippen molar-refractivity contribution in [1.82, 2.24) is 20.4 Å². The lowest BCUT2D eigenvalue weighted by atomic mass is 9.91. The highest BCUT2D eigenvalue weighted by atomic mass is 32.2. The minimum Gasteiger partial charge on any atom is -0.444 e. The van der Waals surface area contributed by atoms with Gasteiger partial charge in [-0.25, -0.2) is 4.79 Å². The van der Waals surface area contributed by atoms with Gasteiger partial charge in [0.1, 0.15) is 24.4 Å². The fourth-order valence-electron chi connectivity index (χ4n) is 5.86. The first-order valence-corrected chi connectivity index (χ1v) is 16.9. The van der Waals surface area contributed by atoms with Crippen molar-refractivity contribution in [3.63, 3.8) is 0 Å². The van der Waals surface area contributed by atoms with Crippen LogP contribution in [-0.4, -0.2) is 93.6 Å². The van der Waals surface area contributed by atoms with Gasteiger partial charge in [-0.15, -0.1) is 0 Å². The summed E-state index contributed by atoms with van der Waals surface area (Å²) >= 11 is 0. The molecule has 3 fully saturated rings. The largest absolute Gasteiger partial charge is 0.444 e. The maximum atomic E-state index is 13.6. The summed E-state index contributed by atoms with van der Waals surface area (Å²) < 4.78 is 24.1. The van der Waals surface area contributed by atoms with Gasteiger partial charge in [0.25, 0.3) is 0 Å². The van der Waals surface area contributed by atoms with E-state index in [0.29, 0.717) is 11.7 Å². The van der Waals surface area contributed by atoms with Crippen molar-refractivity contribution in [1.29, 1.82) is 0 Å². The van der Waals surface area contributed by atoms with E-state index in [1.165, 1.54) is 16.9 Å². The summed E-state index contributed by atoms with van der Waals surface area (Å²) in [6.07, 6.45) is 6.57. The lowest BCUT2D eigenvalue weighted by molar-refractivity contribution is -0.131. The number of carbonyl (C=O) groups is 3. The van der Waals surface area contributed by atoms with Gasteiger partial charge in [0, 0.05) is 42.2 Å². The third-order valence-electron chi connectivity index (χ3n) is 8.13. The van der Waals surface area contributed by atoms with Gasteiger partial charge in [0.05, 0.1) is 12.4 Å². The average Bonchev–Trinajstić information content (AvgIpc) is 3.45. The molecule has 1 aliphatic carbocycles. The Labute approximate surface area is 252 Å². The van der Waals surface area contributed by atoms with Crippen LogP contribution in [0.2, 0.25) is 0 Å². The molecule has 42 heavy (non-hydrogen) atoms. The molecule has 234 valence electrons. The topological polar surface area (TPSA) is 117 Å². The van der Waals surface area contributed by atoms with Gasteiger partial charge in [-0.05, 0) is 57.9 Å². The molecule has 0 spiro atoms. The van der Waals surface area contributed by atoms with Gasteiger partial charge in [-0.3, -0.25) is 23.6 Å². The number of hydrogen-bond acceptors (Lipinski definition) is 7. The van der Waals surface area contributed by atoms with E-state index in [-0.39, 0.29) is 31.0 Å². The summed E-state index contributed by atoms with van der Waals surface area (Å²) in [7, 11) is -1.27. The van der Waals surface area contributed by atoms with Crippen molar-refractivity contribution >= 4 is 28.7 Å². The Morgan fingerprint density at radius 3 is 2.40 bits per heavy atom. The fraction of sp³-hybridized carbons (Fsp3) is 0.710. The van der Waals surface area contributed by atoms with Crippen molar-refractivity contribution in [3.8, 4) is 0 Å². The number of benzene rings is 1. The SMILES string of the molecule is CC(C)(C)OC(=O)N1COC[C@H]1C(=O)N[C@@H](CS(=O)CC1CCCCC1)C(=O)NC1CCN(Cc2ccccc2)CC1. The van der Waals surface area contributed by atoms with E-state index in [1.807, 2.05) is 18.2 Å². The molecule has 2 saturated heterocycles. The van der Waals surface area contributed by atoms with E-state index >= 15 is 0 Å². The number of piperidine rings is 1. The summed E-state index contributed by atoms with van der Waals surface area (Å²) in [6.45, 7) is 7.78. The average molecular weight is 605 g/mol.